The van der Waals surface area contributed by atoms with Gasteiger partial charge in [-0.15, -0.1) is 0 Å². The molecule has 2 aromatic carbocycles. The summed E-state index contributed by atoms with van der Waals surface area (Å²) in [6, 6.07) is 21.7. The lowest BCUT2D eigenvalue weighted by Gasteiger charge is -2.36. The summed E-state index contributed by atoms with van der Waals surface area (Å²) in [5.74, 6) is 0.673. The summed E-state index contributed by atoms with van der Waals surface area (Å²) in [5.41, 5.74) is 2.90. The lowest BCUT2D eigenvalue weighted by atomic mass is 9.81. The zero-order valence-corrected chi connectivity index (χ0v) is 16.3. The predicted octanol–water partition coefficient (Wildman–Crippen LogP) is 4.71. The molecule has 0 amide bonds. The molecule has 1 N–H and O–H groups in total. The second kappa shape index (κ2) is 9.74. The van der Waals surface area contributed by atoms with Gasteiger partial charge in [0, 0.05) is 25.0 Å². The van der Waals surface area contributed by atoms with E-state index in [1.807, 2.05) is 0 Å². The molecule has 25 heavy (non-hydrogen) atoms. The molecule has 2 rings (SSSR count). The van der Waals surface area contributed by atoms with Gasteiger partial charge in [0.15, 0.2) is 0 Å². The molecule has 0 saturated heterocycles. The van der Waals surface area contributed by atoms with E-state index in [0.29, 0.717) is 5.92 Å². The molecule has 2 nitrogen and oxygen atoms in total. The van der Waals surface area contributed by atoms with Crippen molar-refractivity contribution in [2.45, 2.75) is 39.7 Å². The minimum absolute atomic E-state index is 0.0982. The number of nitrogens with one attached hydrogen (secondary N) is 1. The van der Waals surface area contributed by atoms with Gasteiger partial charge in [0.1, 0.15) is 0 Å². The molecule has 2 heteroatoms. The highest BCUT2D eigenvalue weighted by Gasteiger charge is 2.28. The van der Waals surface area contributed by atoms with Crippen LogP contribution in [0, 0.1) is 5.92 Å². The van der Waals surface area contributed by atoms with Gasteiger partial charge in [-0.05, 0) is 30.1 Å². The summed E-state index contributed by atoms with van der Waals surface area (Å²) in [5, 5.41) is 3.69. The van der Waals surface area contributed by atoms with Crippen molar-refractivity contribution in [1.82, 2.24) is 10.2 Å². The van der Waals surface area contributed by atoms with Crippen LogP contribution >= 0.6 is 0 Å². The SMILES string of the molecule is CCN(Cc1ccccc1)CC(C)(CNCC(C)C)c1ccccc1. The Kier molecular flexibility index (Phi) is 7.67. The first-order chi connectivity index (χ1) is 12.0. The third kappa shape index (κ3) is 6.30. The smallest absolute Gasteiger partial charge is 0.0233 e. The summed E-state index contributed by atoms with van der Waals surface area (Å²) in [4.78, 5) is 2.55. The number of benzene rings is 2. The fourth-order valence-electron chi connectivity index (χ4n) is 3.34. The molecular formula is C23H34N2. The molecule has 2 aromatic rings. The number of nitrogens with zero attached hydrogens (tertiary/aromatic N) is 1. The van der Waals surface area contributed by atoms with Gasteiger partial charge in [-0.3, -0.25) is 4.90 Å². The van der Waals surface area contributed by atoms with Crippen LogP contribution in [0.4, 0.5) is 0 Å². The molecule has 136 valence electrons. The lowest BCUT2D eigenvalue weighted by Crippen LogP contribution is -2.46. The van der Waals surface area contributed by atoms with Gasteiger partial charge in [-0.1, -0.05) is 88.4 Å². The summed E-state index contributed by atoms with van der Waals surface area (Å²) in [6.07, 6.45) is 0. The minimum atomic E-state index is 0.0982. The van der Waals surface area contributed by atoms with Crippen LogP contribution in [-0.2, 0) is 12.0 Å². The van der Waals surface area contributed by atoms with Gasteiger partial charge in [0.05, 0.1) is 0 Å². The zero-order valence-electron chi connectivity index (χ0n) is 16.3. The van der Waals surface area contributed by atoms with E-state index in [1.165, 1.54) is 11.1 Å². The molecule has 1 unspecified atom stereocenters. The maximum absolute atomic E-state index is 3.69. The first-order valence-electron chi connectivity index (χ1n) is 9.56. The van der Waals surface area contributed by atoms with Crippen molar-refractivity contribution in [3.05, 3.63) is 71.8 Å². The van der Waals surface area contributed by atoms with Gasteiger partial charge < -0.3 is 5.32 Å². The quantitative estimate of drug-likeness (QED) is 0.675. The number of rotatable bonds is 10. The van der Waals surface area contributed by atoms with E-state index in [9.17, 15) is 0 Å². The molecule has 1 atom stereocenters. The number of hydrogen-bond acceptors (Lipinski definition) is 2. The highest BCUT2D eigenvalue weighted by Crippen LogP contribution is 2.25. The third-order valence-electron chi connectivity index (χ3n) is 4.81. The average Bonchev–Trinajstić information content (AvgIpc) is 2.62. The van der Waals surface area contributed by atoms with Crippen LogP contribution in [0.2, 0.25) is 0 Å². The van der Waals surface area contributed by atoms with Crippen LogP contribution in [0.3, 0.4) is 0 Å². The topological polar surface area (TPSA) is 15.3 Å². The first-order valence-corrected chi connectivity index (χ1v) is 9.56. The van der Waals surface area contributed by atoms with Crippen molar-refractivity contribution < 1.29 is 0 Å². The largest absolute Gasteiger partial charge is 0.316 e. The Morgan fingerprint density at radius 1 is 0.960 bits per heavy atom. The third-order valence-corrected chi connectivity index (χ3v) is 4.81. The Labute approximate surface area is 154 Å². The predicted molar refractivity (Wildman–Crippen MR) is 109 cm³/mol. The first kappa shape index (κ1) is 19.7. The average molecular weight is 339 g/mol. The normalized spacial score (nSPS) is 14.0. The van der Waals surface area contributed by atoms with E-state index < -0.39 is 0 Å². The molecule has 0 aromatic heterocycles. The fraction of sp³-hybridized carbons (Fsp3) is 0.478. The minimum Gasteiger partial charge on any atom is -0.316 e. The lowest BCUT2D eigenvalue weighted by molar-refractivity contribution is 0.211. The molecule has 0 heterocycles. The highest BCUT2D eigenvalue weighted by atomic mass is 15.1. The molecule has 0 fully saturated rings. The van der Waals surface area contributed by atoms with E-state index >= 15 is 0 Å². The van der Waals surface area contributed by atoms with Gasteiger partial charge in [0.25, 0.3) is 0 Å². The van der Waals surface area contributed by atoms with Crippen molar-refractivity contribution in [2.24, 2.45) is 5.92 Å². The van der Waals surface area contributed by atoms with Crippen LogP contribution in [-0.4, -0.2) is 31.1 Å². The van der Waals surface area contributed by atoms with E-state index in [1.54, 1.807) is 0 Å². The molecule has 0 aliphatic heterocycles. The van der Waals surface area contributed by atoms with Gasteiger partial charge in [0.2, 0.25) is 0 Å². The van der Waals surface area contributed by atoms with Crippen LogP contribution in [0.15, 0.2) is 60.7 Å². The van der Waals surface area contributed by atoms with Gasteiger partial charge >= 0.3 is 0 Å². The van der Waals surface area contributed by atoms with Crippen molar-refractivity contribution in [1.29, 1.82) is 0 Å². The summed E-state index contributed by atoms with van der Waals surface area (Å²) in [7, 11) is 0. The van der Waals surface area contributed by atoms with Crippen LogP contribution < -0.4 is 5.32 Å². The summed E-state index contributed by atoms with van der Waals surface area (Å²) < 4.78 is 0. The summed E-state index contributed by atoms with van der Waals surface area (Å²) >= 11 is 0. The Bertz CT molecular complexity index is 594. The second-order valence-electron chi connectivity index (χ2n) is 7.74. The highest BCUT2D eigenvalue weighted by molar-refractivity contribution is 5.26. The van der Waals surface area contributed by atoms with Crippen molar-refractivity contribution in [3.8, 4) is 0 Å². The monoisotopic (exact) mass is 338 g/mol. The van der Waals surface area contributed by atoms with E-state index in [0.717, 1.165) is 32.7 Å². The second-order valence-corrected chi connectivity index (χ2v) is 7.74. The van der Waals surface area contributed by atoms with Crippen LogP contribution in [0.1, 0.15) is 38.8 Å². The maximum atomic E-state index is 3.69. The Morgan fingerprint density at radius 3 is 2.12 bits per heavy atom. The number of likely N-dealkylation sites (N-methyl/N-ethyl adjacent to an activating group) is 1. The molecule has 0 aliphatic carbocycles. The Morgan fingerprint density at radius 2 is 1.56 bits per heavy atom. The van der Waals surface area contributed by atoms with Gasteiger partial charge in [-0.25, -0.2) is 0 Å². The molecule has 0 radical (unpaired) electrons. The van der Waals surface area contributed by atoms with Crippen molar-refractivity contribution in [2.75, 3.05) is 26.2 Å². The Balaban J connectivity index is 2.13. The molecule has 0 spiro atoms. The molecule has 0 bridgehead atoms. The molecule has 0 aliphatic rings. The van der Waals surface area contributed by atoms with Gasteiger partial charge in [-0.2, -0.15) is 0 Å². The van der Waals surface area contributed by atoms with Crippen molar-refractivity contribution in [3.63, 3.8) is 0 Å². The zero-order chi connectivity index (χ0) is 18.1. The standard InChI is InChI=1S/C23H34N2/c1-5-25(17-21-12-8-6-9-13-21)19-23(4,18-24-16-20(2)3)22-14-10-7-11-15-22/h6-15,20,24H,5,16-19H2,1-4H3. The molecule has 0 saturated carbocycles. The summed E-state index contributed by atoms with van der Waals surface area (Å²) in [6.45, 7) is 14.4. The van der Waals surface area contributed by atoms with E-state index in [2.05, 4.69) is 98.6 Å². The molecular weight excluding hydrogens is 304 g/mol. The fourth-order valence-corrected chi connectivity index (χ4v) is 3.34. The maximum Gasteiger partial charge on any atom is 0.0233 e. The number of hydrogen-bond donors (Lipinski definition) is 1. The van der Waals surface area contributed by atoms with E-state index in [4.69, 9.17) is 0 Å². The van der Waals surface area contributed by atoms with E-state index in [-0.39, 0.29) is 5.41 Å². The van der Waals surface area contributed by atoms with Crippen LogP contribution in [0.25, 0.3) is 0 Å². The van der Waals surface area contributed by atoms with Crippen molar-refractivity contribution >= 4 is 0 Å². The Hall–Kier alpha value is -1.64. The van der Waals surface area contributed by atoms with Crippen LogP contribution in [0.5, 0.6) is 0 Å².